The molecule has 0 rings (SSSR count). The zero-order valence-corrected chi connectivity index (χ0v) is 12.0. The summed E-state index contributed by atoms with van der Waals surface area (Å²) in [4.78, 5) is 2.11. The zero-order chi connectivity index (χ0) is 12.8. The van der Waals surface area contributed by atoms with E-state index >= 15 is 0 Å². The first kappa shape index (κ1) is 15.9. The molecule has 98 valence electrons. The molecule has 0 saturated heterocycles. The van der Waals surface area contributed by atoms with Crippen LogP contribution in [0.2, 0.25) is 0 Å². The third-order valence-electron chi connectivity index (χ3n) is 3.15. The normalized spacial score (nSPS) is 14.7. The van der Waals surface area contributed by atoms with Crippen LogP contribution in [0.15, 0.2) is 0 Å². The first-order valence-electron chi connectivity index (χ1n) is 6.01. The lowest BCUT2D eigenvalue weighted by Crippen LogP contribution is -2.44. The highest BCUT2D eigenvalue weighted by atomic mass is 32.2. The number of sulfonamides is 1. The van der Waals surface area contributed by atoms with E-state index in [0.717, 1.165) is 12.8 Å². The van der Waals surface area contributed by atoms with Gasteiger partial charge in [-0.05, 0) is 26.9 Å². The third kappa shape index (κ3) is 5.27. The van der Waals surface area contributed by atoms with Gasteiger partial charge in [0.2, 0.25) is 10.0 Å². The molecule has 4 nitrogen and oxygen atoms in total. The lowest BCUT2D eigenvalue weighted by Gasteiger charge is -2.31. The van der Waals surface area contributed by atoms with E-state index < -0.39 is 10.0 Å². The van der Waals surface area contributed by atoms with Gasteiger partial charge in [0.15, 0.2) is 0 Å². The van der Waals surface area contributed by atoms with E-state index in [9.17, 15) is 8.42 Å². The third-order valence-corrected chi connectivity index (χ3v) is 4.52. The van der Waals surface area contributed by atoms with Crippen molar-refractivity contribution in [3.63, 3.8) is 0 Å². The summed E-state index contributed by atoms with van der Waals surface area (Å²) in [5.41, 5.74) is 0. The van der Waals surface area contributed by atoms with Crippen molar-refractivity contribution >= 4 is 10.0 Å². The molecule has 0 aromatic rings. The molecule has 1 unspecified atom stereocenters. The smallest absolute Gasteiger partial charge is 0.211 e. The molecule has 0 aromatic heterocycles. The largest absolute Gasteiger partial charge is 0.305 e. The van der Waals surface area contributed by atoms with Crippen LogP contribution < -0.4 is 4.72 Å². The Kier molecular flexibility index (Phi) is 7.19. The fourth-order valence-corrected chi connectivity index (χ4v) is 2.55. The Bertz CT molecular complexity index is 272. The van der Waals surface area contributed by atoms with Crippen molar-refractivity contribution in [3.8, 4) is 0 Å². The molecular weight excluding hydrogens is 224 g/mol. The highest BCUT2D eigenvalue weighted by Gasteiger charge is 2.22. The Balaban J connectivity index is 4.46. The topological polar surface area (TPSA) is 49.4 Å². The zero-order valence-electron chi connectivity index (χ0n) is 11.2. The highest BCUT2D eigenvalue weighted by molar-refractivity contribution is 7.89. The van der Waals surface area contributed by atoms with E-state index in [1.54, 1.807) is 6.92 Å². The number of hydrogen-bond donors (Lipinski definition) is 1. The van der Waals surface area contributed by atoms with Crippen LogP contribution in [0.25, 0.3) is 0 Å². The van der Waals surface area contributed by atoms with Crippen LogP contribution in [0, 0.1) is 5.92 Å². The number of hydrogen-bond acceptors (Lipinski definition) is 3. The van der Waals surface area contributed by atoms with Crippen molar-refractivity contribution in [1.82, 2.24) is 9.62 Å². The second-order valence-corrected chi connectivity index (χ2v) is 6.45. The lowest BCUT2D eigenvalue weighted by atomic mass is 9.93. The van der Waals surface area contributed by atoms with E-state index in [0.29, 0.717) is 12.5 Å². The van der Waals surface area contributed by atoms with Gasteiger partial charge >= 0.3 is 0 Å². The maximum absolute atomic E-state index is 11.4. The van der Waals surface area contributed by atoms with Crippen LogP contribution in [0.1, 0.15) is 33.6 Å². The van der Waals surface area contributed by atoms with Crippen molar-refractivity contribution in [3.05, 3.63) is 0 Å². The molecule has 0 heterocycles. The summed E-state index contributed by atoms with van der Waals surface area (Å²) >= 11 is 0. The Labute approximate surface area is 100 Å². The molecular formula is C11H26N2O2S. The van der Waals surface area contributed by atoms with Gasteiger partial charge in [-0.1, -0.05) is 26.7 Å². The Morgan fingerprint density at radius 2 is 1.62 bits per heavy atom. The molecule has 0 aromatic carbocycles. The van der Waals surface area contributed by atoms with Gasteiger partial charge in [0.1, 0.15) is 0 Å². The maximum atomic E-state index is 11.4. The minimum absolute atomic E-state index is 0.149. The van der Waals surface area contributed by atoms with Crippen LogP contribution in [-0.4, -0.2) is 45.8 Å². The minimum atomic E-state index is -3.07. The Hall–Kier alpha value is -0.130. The van der Waals surface area contributed by atoms with Crippen LogP contribution in [0.5, 0.6) is 0 Å². The summed E-state index contributed by atoms with van der Waals surface area (Å²) in [6.07, 6.45) is 2.15. The highest BCUT2D eigenvalue weighted by Crippen LogP contribution is 2.16. The molecule has 0 amide bonds. The quantitative estimate of drug-likeness (QED) is 0.706. The van der Waals surface area contributed by atoms with Gasteiger partial charge in [-0.2, -0.15) is 0 Å². The Morgan fingerprint density at radius 3 is 1.94 bits per heavy atom. The SMILES string of the molecule is CCC(CC)C(CNS(=O)(=O)CC)N(C)C. The van der Waals surface area contributed by atoms with Crippen LogP contribution in [0.4, 0.5) is 0 Å². The van der Waals surface area contributed by atoms with Crippen LogP contribution >= 0.6 is 0 Å². The van der Waals surface area contributed by atoms with Gasteiger partial charge in [-0.3, -0.25) is 0 Å². The first-order valence-corrected chi connectivity index (χ1v) is 7.66. The number of likely N-dealkylation sites (N-methyl/N-ethyl adjacent to an activating group) is 1. The molecule has 0 bridgehead atoms. The number of nitrogens with one attached hydrogen (secondary N) is 1. The predicted octanol–water partition coefficient (Wildman–Crippen LogP) is 1.29. The molecule has 1 atom stereocenters. The summed E-state index contributed by atoms with van der Waals surface area (Å²) in [7, 11) is 0.932. The average molecular weight is 250 g/mol. The molecule has 5 heteroatoms. The van der Waals surface area contributed by atoms with E-state index in [-0.39, 0.29) is 11.8 Å². The van der Waals surface area contributed by atoms with E-state index in [1.165, 1.54) is 0 Å². The molecule has 0 aliphatic rings. The molecule has 0 fully saturated rings. The fraction of sp³-hybridized carbons (Fsp3) is 1.00. The van der Waals surface area contributed by atoms with E-state index in [1.807, 2.05) is 14.1 Å². The second-order valence-electron chi connectivity index (χ2n) is 4.36. The molecule has 1 N–H and O–H groups in total. The second kappa shape index (κ2) is 7.25. The van der Waals surface area contributed by atoms with Crippen molar-refractivity contribution in [2.45, 2.75) is 39.7 Å². The van der Waals surface area contributed by atoms with Gasteiger partial charge in [0.05, 0.1) is 5.75 Å². The summed E-state index contributed by atoms with van der Waals surface area (Å²) in [6, 6.07) is 0.274. The maximum Gasteiger partial charge on any atom is 0.211 e. The summed E-state index contributed by atoms with van der Waals surface area (Å²) in [6.45, 7) is 6.47. The fourth-order valence-electron chi connectivity index (χ4n) is 1.92. The van der Waals surface area contributed by atoms with Gasteiger partial charge < -0.3 is 4.90 Å². The molecule has 0 saturated carbocycles. The summed E-state index contributed by atoms with van der Waals surface area (Å²) in [5.74, 6) is 0.686. The number of rotatable bonds is 8. The van der Waals surface area contributed by atoms with Gasteiger partial charge in [0, 0.05) is 12.6 Å². The first-order chi connectivity index (χ1) is 7.37. The van der Waals surface area contributed by atoms with Gasteiger partial charge in [-0.15, -0.1) is 0 Å². The van der Waals surface area contributed by atoms with Crippen molar-refractivity contribution in [1.29, 1.82) is 0 Å². The Morgan fingerprint density at radius 1 is 1.12 bits per heavy atom. The monoisotopic (exact) mass is 250 g/mol. The standard InChI is InChI=1S/C11H26N2O2S/c1-6-10(7-2)11(13(4)5)9-12-16(14,15)8-3/h10-12H,6-9H2,1-5H3. The summed E-state index contributed by atoms with van der Waals surface area (Å²) in [5, 5.41) is 0. The van der Waals surface area contributed by atoms with Crippen LogP contribution in [0.3, 0.4) is 0 Å². The van der Waals surface area contributed by atoms with Crippen molar-refractivity contribution in [2.24, 2.45) is 5.92 Å². The van der Waals surface area contributed by atoms with Crippen molar-refractivity contribution < 1.29 is 8.42 Å². The minimum Gasteiger partial charge on any atom is -0.305 e. The summed E-state index contributed by atoms with van der Waals surface area (Å²) < 4.78 is 25.5. The van der Waals surface area contributed by atoms with Gasteiger partial charge in [0.25, 0.3) is 0 Å². The number of nitrogens with zero attached hydrogens (tertiary/aromatic N) is 1. The molecule has 0 spiro atoms. The lowest BCUT2D eigenvalue weighted by molar-refractivity contribution is 0.201. The molecule has 0 aliphatic carbocycles. The average Bonchev–Trinajstić information content (AvgIpc) is 2.23. The molecule has 0 aliphatic heterocycles. The van der Waals surface area contributed by atoms with E-state index in [2.05, 4.69) is 23.5 Å². The molecule has 0 radical (unpaired) electrons. The van der Waals surface area contributed by atoms with E-state index in [4.69, 9.17) is 0 Å². The predicted molar refractivity (Wildman–Crippen MR) is 69.0 cm³/mol. The van der Waals surface area contributed by atoms with Gasteiger partial charge in [-0.25, -0.2) is 13.1 Å². The molecule has 16 heavy (non-hydrogen) atoms. The van der Waals surface area contributed by atoms with Crippen LogP contribution in [-0.2, 0) is 10.0 Å². The van der Waals surface area contributed by atoms with Crippen molar-refractivity contribution in [2.75, 3.05) is 26.4 Å².